The lowest BCUT2D eigenvalue weighted by molar-refractivity contribution is -0.759. The summed E-state index contributed by atoms with van der Waals surface area (Å²) in [6.45, 7) is 11.8. The van der Waals surface area contributed by atoms with E-state index in [1.54, 1.807) is 11.0 Å². The molecule has 9 heteroatoms. The van der Waals surface area contributed by atoms with Crippen molar-refractivity contribution < 1.29 is 18.9 Å². The monoisotopic (exact) mass is 431 g/mol. The van der Waals surface area contributed by atoms with Crippen LogP contribution in [0.5, 0.6) is 0 Å². The summed E-state index contributed by atoms with van der Waals surface area (Å²) in [6.07, 6.45) is 1.78. The SMILES string of the molecule is Cc1cccc(C)c1C(=O)SCCC(=O)[N-]c1c[n+](N2CCN(C(C)C)CC2)no1. The summed E-state index contributed by atoms with van der Waals surface area (Å²) in [5.41, 5.74) is 2.62. The van der Waals surface area contributed by atoms with E-state index in [0.717, 1.165) is 54.6 Å². The molecule has 0 saturated carbocycles. The number of piperazine rings is 1. The van der Waals surface area contributed by atoms with Crippen molar-refractivity contribution in [3.05, 3.63) is 46.4 Å². The molecule has 1 amide bonds. The topological polar surface area (TPSA) is 84.6 Å². The lowest BCUT2D eigenvalue weighted by Crippen LogP contribution is -2.65. The molecule has 2 heterocycles. The summed E-state index contributed by atoms with van der Waals surface area (Å²) < 4.78 is 5.19. The summed E-state index contributed by atoms with van der Waals surface area (Å²) in [6, 6.07) is 6.30. The van der Waals surface area contributed by atoms with E-state index in [1.165, 1.54) is 0 Å². The van der Waals surface area contributed by atoms with Crippen molar-refractivity contribution in [2.75, 3.05) is 36.9 Å². The van der Waals surface area contributed by atoms with Crippen molar-refractivity contribution in [2.24, 2.45) is 0 Å². The molecular weight excluding hydrogens is 402 g/mol. The Kier molecular flexibility index (Phi) is 7.49. The number of hydrogen-bond donors (Lipinski definition) is 0. The van der Waals surface area contributed by atoms with Crippen LogP contribution in [0.25, 0.3) is 5.32 Å². The van der Waals surface area contributed by atoms with Gasteiger partial charge in [-0.2, -0.15) is 5.01 Å². The first kappa shape index (κ1) is 22.3. The van der Waals surface area contributed by atoms with Gasteiger partial charge < -0.3 is 14.6 Å². The molecule has 0 spiro atoms. The molecule has 0 atom stereocenters. The van der Waals surface area contributed by atoms with Gasteiger partial charge in [0.05, 0.1) is 23.8 Å². The molecule has 162 valence electrons. The van der Waals surface area contributed by atoms with Gasteiger partial charge in [-0.1, -0.05) is 30.0 Å². The van der Waals surface area contributed by atoms with Crippen LogP contribution in [-0.4, -0.2) is 59.2 Å². The number of carbonyl (C=O) groups is 2. The van der Waals surface area contributed by atoms with Gasteiger partial charge in [-0.05, 0) is 45.2 Å². The highest BCUT2D eigenvalue weighted by molar-refractivity contribution is 8.14. The third-order valence-corrected chi connectivity index (χ3v) is 6.10. The number of thioether (sulfide) groups is 1. The second-order valence-corrected chi connectivity index (χ2v) is 8.77. The van der Waals surface area contributed by atoms with Gasteiger partial charge in [0.25, 0.3) is 6.20 Å². The van der Waals surface area contributed by atoms with E-state index in [4.69, 9.17) is 4.52 Å². The molecular formula is C21H29N5O3S. The van der Waals surface area contributed by atoms with Gasteiger partial charge in [-0.25, -0.2) is 0 Å². The number of rotatable bonds is 7. The molecule has 1 aromatic carbocycles. The van der Waals surface area contributed by atoms with E-state index in [2.05, 4.69) is 34.3 Å². The molecule has 1 fully saturated rings. The number of aryl methyl sites for hydroxylation is 2. The molecule has 0 radical (unpaired) electrons. The summed E-state index contributed by atoms with van der Waals surface area (Å²) in [4.78, 5) is 28.6. The Morgan fingerprint density at radius 2 is 1.87 bits per heavy atom. The minimum absolute atomic E-state index is 0.0172. The normalized spacial score (nSPS) is 14.9. The van der Waals surface area contributed by atoms with Gasteiger partial charge in [0.15, 0.2) is 0 Å². The maximum absolute atomic E-state index is 12.4. The molecule has 0 N–H and O–H groups in total. The maximum atomic E-state index is 12.4. The second kappa shape index (κ2) is 10.1. The Hall–Kier alpha value is -2.39. The Bertz CT molecular complexity index is 870. The van der Waals surface area contributed by atoms with Crippen LogP contribution >= 0.6 is 11.8 Å². The summed E-state index contributed by atoms with van der Waals surface area (Å²) in [7, 11) is 0. The van der Waals surface area contributed by atoms with E-state index >= 15 is 0 Å². The second-order valence-electron chi connectivity index (χ2n) is 7.70. The molecule has 3 rings (SSSR count). The Balaban J connectivity index is 1.44. The standard InChI is InChI=1S/C21H29N5O3S/c1-15(2)24-9-11-25(12-10-24)26-14-19(29-23-26)22-18(27)8-13-30-21(28)20-16(3)6-5-7-17(20)4/h5-7,14-15H,8-13H2,1-4H3. The van der Waals surface area contributed by atoms with Crippen LogP contribution in [0.3, 0.4) is 0 Å². The Morgan fingerprint density at radius 1 is 1.20 bits per heavy atom. The minimum Gasteiger partial charge on any atom is -0.588 e. The van der Waals surface area contributed by atoms with Crippen LogP contribution in [0.4, 0.5) is 5.88 Å². The van der Waals surface area contributed by atoms with Crippen LogP contribution in [0.15, 0.2) is 28.9 Å². The molecule has 30 heavy (non-hydrogen) atoms. The fourth-order valence-electron chi connectivity index (χ4n) is 3.46. The summed E-state index contributed by atoms with van der Waals surface area (Å²) in [5.74, 6) is 0.224. The van der Waals surface area contributed by atoms with Crippen molar-refractivity contribution >= 4 is 28.7 Å². The zero-order valence-electron chi connectivity index (χ0n) is 18.0. The third-order valence-electron chi connectivity index (χ3n) is 5.22. The van der Waals surface area contributed by atoms with Gasteiger partial charge in [0, 0.05) is 30.4 Å². The van der Waals surface area contributed by atoms with Gasteiger partial charge >= 0.3 is 0 Å². The first-order valence-electron chi connectivity index (χ1n) is 10.2. The number of benzene rings is 1. The fraction of sp³-hybridized carbons (Fsp3) is 0.524. The van der Waals surface area contributed by atoms with Crippen LogP contribution < -0.4 is 9.80 Å². The smallest absolute Gasteiger partial charge is 0.257 e. The van der Waals surface area contributed by atoms with Crippen molar-refractivity contribution in [3.8, 4) is 0 Å². The highest BCUT2D eigenvalue weighted by Gasteiger charge is 2.25. The van der Waals surface area contributed by atoms with E-state index < -0.39 is 0 Å². The number of hydrogen-bond acceptors (Lipinski definition) is 7. The molecule has 1 saturated heterocycles. The van der Waals surface area contributed by atoms with E-state index in [0.29, 0.717) is 11.8 Å². The zero-order chi connectivity index (χ0) is 21.7. The molecule has 8 nitrogen and oxygen atoms in total. The van der Waals surface area contributed by atoms with Crippen molar-refractivity contribution in [1.82, 2.24) is 10.2 Å². The van der Waals surface area contributed by atoms with Crippen LogP contribution in [0, 0.1) is 13.8 Å². The van der Waals surface area contributed by atoms with Crippen molar-refractivity contribution in [2.45, 2.75) is 40.2 Å². The highest BCUT2D eigenvalue weighted by Crippen LogP contribution is 2.22. The lowest BCUT2D eigenvalue weighted by Gasteiger charge is -2.32. The molecule has 1 aliphatic heterocycles. The van der Waals surface area contributed by atoms with Gasteiger partial charge in [-0.15, -0.1) is 0 Å². The van der Waals surface area contributed by atoms with E-state index in [-0.39, 0.29) is 23.3 Å². The quantitative estimate of drug-likeness (QED) is 0.623. The fourth-order valence-corrected chi connectivity index (χ4v) is 4.39. The molecule has 0 aliphatic carbocycles. The van der Waals surface area contributed by atoms with E-state index in [1.807, 2.05) is 32.0 Å². The number of nitrogens with zero attached hydrogens (tertiary/aromatic N) is 5. The number of amides is 1. The number of aromatic nitrogens is 2. The first-order valence-corrected chi connectivity index (χ1v) is 11.2. The summed E-state index contributed by atoms with van der Waals surface area (Å²) in [5, 5.41) is 9.99. The molecule has 1 aromatic heterocycles. The van der Waals surface area contributed by atoms with Crippen LogP contribution in [-0.2, 0) is 4.79 Å². The Labute approximate surface area is 181 Å². The lowest BCUT2D eigenvalue weighted by atomic mass is 10.0. The van der Waals surface area contributed by atoms with Gasteiger partial charge in [0.2, 0.25) is 10.4 Å². The van der Waals surface area contributed by atoms with Gasteiger partial charge in [0.1, 0.15) is 5.88 Å². The average molecular weight is 432 g/mol. The first-order chi connectivity index (χ1) is 14.3. The highest BCUT2D eigenvalue weighted by atomic mass is 32.2. The van der Waals surface area contributed by atoms with Crippen LogP contribution in [0.2, 0.25) is 0 Å². The largest absolute Gasteiger partial charge is 0.588 e. The summed E-state index contributed by atoms with van der Waals surface area (Å²) >= 11 is 1.14. The molecule has 1 aliphatic rings. The Morgan fingerprint density at radius 3 is 2.50 bits per heavy atom. The predicted molar refractivity (Wildman–Crippen MR) is 117 cm³/mol. The zero-order valence-corrected chi connectivity index (χ0v) is 18.8. The predicted octanol–water partition coefficient (Wildman–Crippen LogP) is 2.74. The molecule has 0 unspecified atom stereocenters. The van der Waals surface area contributed by atoms with E-state index in [9.17, 15) is 9.59 Å². The third kappa shape index (κ3) is 5.60. The molecule has 0 bridgehead atoms. The van der Waals surface area contributed by atoms with Crippen molar-refractivity contribution in [3.63, 3.8) is 0 Å². The van der Waals surface area contributed by atoms with Gasteiger partial charge in [-0.3, -0.25) is 9.69 Å². The van der Waals surface area contributed by atoms with Crippen molar-refractivity contribution in [1.29, 1.82) is 0 Å². The van der Waals surface area contributed by atoms with Crippen LogP contribution in [0.1, 0.15) is 41.8 Å². The average Bonchev–Trinajstić information content (AvgIpc) is 3.16. The molecule has 2 aromatic rings. The maximum Gasteiger partial charge on any atom is 0.257 e. The number of carbonyl (C=O) groups excluding carboxylic acids is 2. The minimum atomic E-state index is -0.329.